The Morgan fingerprint density at radius 2 is 1.62 bits per heavy atom. The summed E-state index contributed by atoms with van der Waals surface area (Å²) in [5, 5.41) is 6.57. The average molecular weight is 481 g/mol. The number of carbonyl (C=O) groups excluding carboxylic acids is 2. The third kappa shape index (κ3) is 7.67. The van der Waals surface area contributed by atoms with E-state index in [1.54, 1.807) is 19.0 Å². The Morgan fingerprint density at radius 1 is 1.04 bits per heavy atom. The van der Waals surface area contributed by atoms with Crippen molar-refractivity contribution in [1.29, 1.82) is 0 Å². The van der Waals surface area contributed by atoms with E-state index in [0.29, 0.717) is 18.4 Å². The fourth-order valence-electron chi connectivity index (χ4n) is 3.01. The summed E-state index contributed by atoms with van der Waals surface area (Å²) in [6, 6.07) is 0. The first-order valence-electron chi connectivity index (χ1n) is 9.12. The number of hydrogen-bond acceptors (Lipinski definition) is 3. The number of nitrogens with one attached hydrogen (secondary N) is 2. The molecule has 0 aromatic heterocycles. The Balaban J connectivity index is 0.00000625. The number of nitrogens with zero attached hydrogens (tertiary/aromatic N) is 3. The fourth-order valence-corrected chi connectivity index (χ4v) is 3.01. The van der Waals surface area contributed by atoms with Crippen molar-refractivity contribution in [3.8, 4) is 0 Å². The van der Waals surface area contributed by atoms with Crippen LogP contribution >= 0.6 is 24.0 Å². The van der Waals surface area contributed by atoms with E-state index in [9.17, 15) is 9.59 Å². The first-order valence-corrected chi connectivity index (χ1v) is 9.12. The fraction of sp³-hybridized carbons (Fsp3) is 0.833. The molecule has 1 rings (SSSR count). The third-order valence-corrected chi connectivity index (χ3v) is 4.56. The van der Waals surface area contributed by atoms with Crippen molar-refractivity contribution in [1.82, 2.24) is 20.4 Å². The number of likely N-dealkylation sites (N-methyl/N-ethyl adjacent to an activating group) is 1. The van der Waals surface area contributed by atoms with Crippen molar-refractivity contribution in [2.45, 2.75) is 39.5 Å². The highest BCUT2D eigenvalue weighted by molar-refractivity contribution is 14.0. The molecule has 0 saturated heterocycles. The van der Waals surface area contributed by atoms with Crippen molar-refractivity contribution in [3.05, 3.63) is 0 Å². The Morgan fingerprint density at radius 3 is 2.08 bits per heavy atom. The SMILES string of the molecule is CC(C)CNC(=NCC(=O)N(C)C)NCC1(C(=O)N(C)C)CCCC1.I. The largest absolute Gasteiger partial charge is 0.356 e. The van der Waals surface area contributed by atoms with Crippen LogP contribution in [0.4, 0.5) is 0 Å². The number of rotatable bonds is 7. The Kier molecular flexibility index (Phi) is 11.1. The number of halogens is 1. The molecule has 1 saturated carbocycles. The number of amides is 2. The van der Waals surface area contributed by atoms with Crippen LogP contribution in [0.15, 0.2) is 4.99 Å². The first-order chi connectivity index (χ1) is 11.7. The summed E-state index contributed by atoms with van der Waals surface area (Å²) in [6.45, 7) is 5.63. The van der Waals surface area contributed by atoms with Gasteiger partial charge in [0.25, 0.3) is 0 Å². The van der Waals surface area contributed by atoms with Crippen LogP contribution in [0.1, 0.15) is 39.5 Å². The standard InChI is InChI=1S/C18H35N5O2.HI/c1-14(2)11-19-17(20-12-15(24)22(3)4)21-13-18(9-7-8-10-18)16(25)23(5)6;/h14H,7-13H2,1-6H3,(H2,19,20,21);1H. The molecule has 7 nitrogen and oxygen atoms in total. The quantitative estimate of drug-likeness (QED) is 0.329. The van der Waals surface area contributed by atoms with E-state index in [1.807, 2.05) is 14.1 Å². The lowest BCUT2D eigenvalue weighted by Gasteiger charge is -2.31. The van der Waals surface area contributed by atoms with Gasteiger partial charge in [-0.1, -0.05) is 26.7 Å². The van der Waals surface area contributed by atoms with Gasteiger partial charge in [-0.2, -0.15) is 0 Å². The topological polar surface area (TPSA) is 77.0 Å². The predicted molar refractivity (Wildman–Crippen MR) is 117 cm³/mol. The van der Waals surface area contributed by atoms with E-state index in [0.717, 1.165) is 32.2 Å². The summed E-state index contributed by atoms with van der Waals surface area (Å²) in [6.07, 6.45) is 3.94. The molecule has 26 heavy (non-hydrogen) atoms. The van der Waals surface area contributed by atoms with Gasteiger partial charge in [0.05, 0.1) is 5.41 Å². The third-order valence-electron chi connectivity index (χ3n) is 4.56. The van der Waals surface area contributed by atoms with E-state index >= 15 is 0 Å². The van der Waals surface area contributed by atoms with Crippen molar-refractivity contribution in [3.63, 3.8) is 0 Å². The zero-order valence-corrected chi connectivity index (χ0v) is 19.4. The van der Waals surface area contributed by atoms with Crippen LogP contribution in [0.25, 0.3) is 0 Å². The molecule has 2 amide bonds. The van der Waals surface area contributed by atoms with Crippen LogP contribution < -0.4 is 10.6 Å². The molecule has 0 unspecified atom stereocenters. The number of guanidine groups is 1. The molecule has 0 radical (unpaired) electrons. The summed E-state index contributed by atoms with van der Waals surface area (Å²) < 4.78 is 0. The monoisotopic (exact) mass is 481 g/mol. The van der Waals surface area contributed by atoms with Crippen LogP contribution in [-0.4, -0.2) is 75.4 Å². The van der Waals surface area contributed by atoms with Crippen LogP contribution in [-0.2, 0) is 9.59 Å². The summed E-state index contributed by atoms with van der Waals surface area (Å²) in [5.41, 5.74) is -0.366. The second-order valence-electron chi connectivity index (χ2n) is 7.77. The van der Waals surface area contributed by atoms with E-state index in [2.05, 4.69) is 29.5 Å². The van der Waals surface area contributed by atoms with Gasteiger partial charge in [0.15, 0.2) is 5.96 Å². The molecule has 1 aliphatic carbocycles. The number of carbonyl (C=O) groups is 2. The number of aliphatic imine (C=N–C) groups is 1. The molecule has 0 atom stereocenters. The maximum Gasteiger partial charge on any atom is 0.243 e. The minimum absolute atomic E-state index is 0. The Labute approximate surface area is 175 Å². The van der Waals surface area contributed by atoms with Crippen LogP contribution in [0, 0.1) is 11.3 Å². The van der Waals surface area contributed by atoms with Gasteiger partial charge >= 0.3 is 0 Å². The lowest BCUT2D eigenvalue weighted by atomic mass is 9.84. The normalized spacial score (nSPS) is 16.0. The molecule has 0 spiro atoms. The van der Waals surface area contributed by atoms with Crippen molar-refractivity contribution >= 4 is 41.8 Å². The molecule has 152 valence electrons. The second-order valence-corrected chi connectivity index (χ2v) is 7.77. The van der Waals surface area contributed by atoms with E-state index in [1.165, 1.54) is 4.90 Å². The highest BCUT2D eigenvalue weighted by Gasteiger charge is 2.42. The summed E-state index contributed by atoms with van der Waals surface area (Å²) in [7, 11) is 7.06. The van der Waals surface area contributed by atoms with Gasteiger partial charge in [-0.25, -0.2) is 4.99 Å². The van der Waals surface area contributed by atoms with Gasteiger partial charge < -0.3 is 20.4 Å². The van der Waals surface area contributed by atoms with Gasteiger partial charge in [-0.15, -0.1) is 24.0 Å². The smallest absolute Gasteiger partial charge is 0.243 e. The highest BCUT2D eigenvalue weighted by atomic mass is 127. The molecule has 0 aromatic carbocycles. The Hall–Kier alpha value is -1.06. The molecular formula is C18H36IN5O2. The van der Waals surface area contributed by atoms with E-state index in [4.69, 9.17) is 0 Å². The first kappa shape index (κ1) is 24.9. The summed E-state index contributed by atoms with van der Waals surface area (Å²) >= 11 is 0. The van der Waals surface area contributed by atoms with Crippen LogP contribution in [0.3, 0.4) is 0 Å². The maximum atomic E-state index is 12.7. The molecule has 0 heterocycles. The lowest BCUT2D eigenvalue weighted by molar-refractivity contribution is -0.138. The Bertz CT molecular complexity index is 486. The molecule has 0 bridgehead atoms. The van der Waals surface area contributed by atoms with Gasteiger partial charge in [-0.3, -0.25) is 9.59 Å². The van der Waals surface area contributed by atoms with E-state index < -0.39 is 0 Å². The molecular weight excluding hydrogens is 445 g/mol. The number of hydrogen-bond donors (Lipinski definition) is 2. The van der Waals surface area contributed by atoms with Gasteiger partial charge in [0.2, 0.25) is 11.8 Å². The van der Waals surface area contributed by atoms with Crippen LogP contribution in [0.2, 0.25) is 0 Å². The second kappa shape index (κ2) is 11.6. The van der Waals surface area contributed by atoms with Crippen molar-refractivity contribution in [2.24, 2.45) is 16.3 Å². The molecule has 0 aliphatic heterocycles. The summed E-state index contributed by atoms with van der Waals surface area (Å²) in [4.78, 5) is 32.1. The van der Waals surface area contributed by atoms with Gasteiger partial charge in [0, 0.05) is 41.3 Å². The predicted octanol–water partition coefficient (Wildman–Crippen LogP) is 1.53. The molecule has 8 heteroatoms. The summed E-state index contributed by atoms with van der Waals surface area (Å²) in [5.74, 6) is 1.18. The molecule has 0 aromatic rings. The van der Waals surface area contributed by atoms with Crippen molar-refractivity contribution < 1.29 is 9.59 Å². The zero-order chi connectivity index (χ0) is 19.0. The highest BCUT2D eigenvalue weighted by Crippen LogP contribution is 2.38. The maximum absolute atomic E-state index is 12.7. The minimum atomic E-state index is -0.366. The molecule has 2 N–H and O–H groups in total. The van der Waals surface area contributed by atoms with Crippen LogP contribution in [0.5, 0.6) is 0 Å². The van der Waals surface area contributed by atoms with Gasteiger partial charge in [0.1, 0.15) is 6.54 Å². The zero-order valence-electron chi connectivity index (χ0n) is 17.1. The molecule has 1 fully saturated rings. The lowest BCUT2D eigenvalue weighted by Crippen LogP contribution is -2.49. The average Bonchev–Trinajstić information content (AvgIpc) is 3.02. The van der Waals surface area contributed by atoms with E-state index in [-0.39, 0.29) is 47.8 Å². The van der Waals surface area contributed by atoms with Crippen molar-refractivity contribution in [2.75, 3.05) is 47.8 Å². The molecule has 1 aliphatic rings. The van der Waals surface area contributed by atoms with Gasteiger partial charge in [-0.05, 0) is 18.8 Å². The minimum Gasteiger partial charge on any atom is -0.356 e.